The van der Waals surface area contributed by atoms with E-state index in [4.69, 9.17) is 4.42 Å². The molecular weight excluding hydrogens is 236 g/mol. The van der Waals surface area contributed by atoms with E-state index in [1.54, 1.807) is 0 Å². The van der Waals surface area contributed by atoms with E-state index in [1.165, 1.54) is 44.1 Å². The zero-order valence-electron chi connectivity index (χ0n) is 12.5. The highest BCUT2D eigenvalue weighted by molar-refractivity contribution is 5.16. The molecule has 2 rings (SSSR count). The van der Waals surface area contributed by atoms with Crippen molar-refractivity contribution in [2.24, 2.45) is 0 Å². The minimum absolute atomic E-state index is 0.736. The Morgan fingerprint density at radius 1 is 1.26 bits per heavy atom. The number of rotatable bonds is 6. The van der Waals surface area contributed by atoms with Gasteiger partial charge in [-0.05, 0) is 32.5 Å². The first-order valence-electron chi connectivity index (χ1n) is 7.77. The molecule has 1 aromatic heterocycles. The van der Waals surface area contributed by atoms with Crippen LogP contribution in [0.25, 0.3) is 0 Å². The maximum absolute atomic E-state index is 5.67. The summed E-state index contributed by atoms with van der Waals surface area (Å²) in [6.07, 6.45) is 10.1. The first kappa shape index (κ1) is 14.6. The third kappa shape index (κ3) is 4.36. The van der Waals surface area contributed by atoms with Crippen LogP contribution >= 0.6 is 0 Å². The van der Waals surface area contributed by atoms with Crippen molar-refractivity contribution in [2.75, 3.05) is 13.6 Å². The second kappa shape index (κ2) is 7.71. The third-order valence-corrected chi connectivity index (χ3v) is 4.24. The first-order valence-corrected chi connectivity index (χ1v) is 7.77. The summed E-state index contributed by atoms with van der Waals surface area (Å²) >= 11 is 0. The van der Waals surface area contributed by atoms with Crippen molar-refractivity contribution in [3.63, 3.8) is 0 Å². The minimum atomic E-state index is 0.736. The van der Waals surface area contributed by atoms with Crippen LogP contribution < -0.4 is 5.32 Å². The summed E-state index contributed by atoms with van der Waals surface area (Å²) in [6, 6.07) is 2.83. The molecule has 1 aliphatic carbocycles. The second-order valence-corrected chi connectivity index (χ2v) is 5.71. The minimum Gasteiger partial charge on any atom is -0.468 e. The van der Waals surface area contributed by atoms with Gasteiger partial charge in [0.1, 0.15) is 5.76 Å². The van der Waals surface area contributed by atoms with Crippen molar-refractivity contribution in [1.29, 1.82) is 0 Å². The predicted octanol–water partition coefficient (Wildman–Crippen LogP) is 3.54. The van der Waals surface area contributed by atoms with E-state index in [2.05, 4.69) is 30.3 Å². The molecule has 0 aliphatic heterocycles. The predicted molar refractivity (Wildman–Crippen MR) is 79.0 cm³/mol. The molecule has 1 heterocycles. The lowest BCUT2D eigenvalue weighted by atomic mass is 10.1. The fourth-order valence-electron chi connectivity index (χ4n) is 2.98. The standard InChI is InChI=1S/C16H28N2O/c1-3-17-12-14-10-11-19-16(14)13-18(2)15-8-6-4-5-7-9-15/h10-11,15,17H,3-9,12-13H2,1-2H3. The van der Waals surface area contributed by atoms with Gasteiger partial charge >= 0.3 is 0 Å². The van der Waals surface area contributed by atoms with Crippen LogP contribution in [0.4, 0.5) is 0 Å². The number of nitrogens with one attached hydrogen (secondary N) is 1. The SMILES string of the molecule is CCNCc1ccoc1CN(C)C1CCCCCC1. The van der Waals surface area contributed by atoms with Gasteiger partial charge < -0.3 is 9.73 Å². The molecule has 0 aromatic carbocycles. The first-order chi connectivity index (χ1) is 9.31. The van der Waals surface area contributed by atoms with Crippen LogP contribution in [-0.2, 0) is 13.1 Å². The molecule has 0 unspecified atom stereocenters. The lowest BCUT2D eigenvalue weighted by Gasteiger charge is -2.26. The van der Waals surface area contributed by atoms with Gasteiger partial charge in [0.25, 0.3) is 0 Å². The van der Waals surface area contributed by atoms with E-state index in [1.807, 2.05) is 6.26 Å². The summed E-state index contributed by atoms with van der Waals surface area (Å²) in [7, 11) is 2.25. The van der Waals surface area contributed by atoms with Crippen LogP contribution in [0.5, 0.6) is 0 Å². The Balaban J connectivity index is 1.90. The molecule has 0 amide bonds. The Hall–Kier alpha value is -0.800. The molecule has 0 radical (unpaired) electrons. The molecule has 0 saturated heterocycles. The molecule has 1 saturated carbocycles. The number of hydrogen-bond acceptors (Lipinski definition) is 3. The largest absolute Gasteiger partial charge is 0.468 e. The van der Waals surface area contributed by atoms with E-state index < -0.39 is 0 Å². The smallest absolute Gasteiger partial charge is 0.122 e. The maximum Gasteiger partial charge on any atom is 0.122 e. The van der Waals surface area contributed by atoms with E-state index in [0.29, 0.717) is 0 Å². The summed E-state index contributed by atoms with van der Waals surface area (Å²) in [5.74, 6) is 1.13. The second-order valence-electron chi connectivity index (χ2n) is 5.71. The average Bonchev–Trinajstić information content (AvgIpc) is 2.67. The van der Waals surface area contributed by atoms with E-state index >= 15 is 0 Å². The van der Waals surface area contributed by atoms with Crippen molar-refractivity contribution in [2.45, 2.75) is 64.6 Å². The quantitative estimate of drug-likeness (QED) is 0.797. The summed E-state index contributed by atoms with van der Waals surface area (Å²) in [5, 5.41) is 3.38. The molecule has 1 aromatic rings. The van der Waals surface area contributed by atoms with Crippen LogP contribution in [0, 0.1) is 0 Å². The molecule has 3 heteroatoms. The Kier molecular flexibility index (Phi) is 5.93. The molecule has 108 valence electrons. The van der Waals surface area contributed by atoms with E-state index in [-0.39, 0.29) is 0 Å². The zero-order chi connectivity index (χ0) is 13.5. The third-order valence-electron chi connectivity index (χ3n) is 4.24. The number of furan rings is 1. The molecule has 0 atom stereocenters. The molecule has 1 N–H and O–H groups in total. The van der Waals surface area contributed by atoms with Crippen molar-refractivity contribution < 1.29 is 4.42 Å². The molecule has 1 aliphatic rings. The average molecular weight is 264 g/mol. The fourth-order valence-corrected chi connectivity index (χ4v) is 2.98. The van der Waals surface area contributed by atoms with Gasteiger partial charge in [0, 0.05) is 18.2 Å². The molecule has 0 spiro atoms. The Morgan fingerprint density at radius 2 is 2.00 bits per heavy atom. The van der Waals surface area contributed by atoms with Gasteiger partial charge in [-0.15, -0.1) is 0 Å². The highest BCUT2D eigenvalue weighted by atomic mass is 16.3. The molecule has 0 bridgehead atoms. The molecule has 1 fully saturated rings. The van der Waals surface area contributed by atoms with Gasteiger partial charge in [-0.3, -0.25) is 4.90 Å². The summed E-state index contributed by atoms with van der Waals surface area (Å²) in [4.78, 5) is 2.49. The summed E-state index contributed by atoms with van der Waals surface area (Å²) in [5.41, 5.74) is 1.31. The Bertz CT molecular complexity index is 353. The van der Waals surface area contributed by atoms with Gasteiger partial charge in [0.05, 0.1) is 12.8 Å². The van der Waals surface area contributed by atoms with E-state index in [0.717, 1.165) is 31.4 Å². The van der Waals surface area contributed by atoms with Gasteiger partial charge in [-0.1, -0.05) is 32.6 Å². The normalized spacial score (nSPS) is 17.8. The fraction of sp³-hybridized carbons (Fsp3) is 0.750. The molecular formula is C16H28N2O. The maximum atomic E-state index is 5.67. The van der Waals surface area contributed by atoms with Gasteiger partial charge in [0.2, 0.25) is 0 Å². The van der Waals surface area contributed by atoms with Crippen molar-refractivity contribution in [3.05, 3.63) is 23.7 Å². The Morgan fingerprint density at radius 3 is 2.68 bits per heavy atom. The van der Waals surface area contributed by atoms with Crippen molar-refractivity contribution in [1.82, 2.24) is 10.2 Å². The highest BCUT2D eigenvalue weighted by Crippen LogP contribution is 2.23. The lowest BCUT2D eigenvalue weighted by Crippen LogP contribution is -2.31. The molecule has 3 nitrogen and oxygen atoms in total. The van der Waals surface area contributed by atoms with Crippen LogP contribution in [0.2, 0.25) is 0 Å². The van der Waals surface area contributed by atoms with Crippen LogP contribution in [0.15, 0.2) is 16.7 Å². The number of hydrogen-bond donors (Lipinski definition) is 1. The Labute approximate surface area is 117 Å². The molecule has 19 heavy (non-hydrogen) atoms. The van der Waals surface area contributed by atoms with Crippen molar-refractivity contribution >= 4 is 0 Å². The van der Waals surface area contributed by atoms with Crippen LogP contribution in [0.1, 0.15) is 56.8 Å². The van der Waals surface area contributed by atoms with Crippen molar-refractivity contribution in [3.8, 4) is 0 Å². The lowest BCUT2D eigenvalue weighted by molar-refractivity contribution is 0.197. The van der Waals surface area contributed by atoms with Gasteiger partial charge in [-0.2, -0.15) is 0 Å². The zero-order valence-corrected chi connectivity index (χ0v) is 12.5. The summed E-state index contributed by atoms with van der Waals surface area (Å²) < 4.78 is 5.67. The summed E-state index contributed by atoms with van der Waals surface area (Å²) in [6.45, 7) is 5.00. The van der Waals surface area contributed by atoms with Gasteiger partial charge in [0.15, 0.2) is 0 Å². The van der Waals surface area contributed by atoms with Crippen LogP contribution in [0.3, 0.4) is 0 Å². The van der Waals surface area contributed by atoms with Gasteiger partial charge in [-0.25, -0.2) is 0 Å². The van der Waals surface area contributed by atoms with E-state index in [9.17, 15) is 0 Å². The number of nitrogens with zero attached hydrogens (tertiary/aromatic N) is 1. The topological polar surface area (TPSA) is 28.4 Å². The highest BCUT2D eigenvalue weighted by Gasteiger charge is 2.19. The van der Waals surface area contributed by atoms with Crippen LogP contribution in [-0.4, -0.2) is 24.5 Å². The monoisotopic (exact) mass is 264 g/mol.